The molecule has 0 heterocycles. The maximum Gasteiger partial charge on any atom is 0.257 e. The summed E-state index contributed by atoms with van der Waals surface area (Å²) >= 11 is 13.1. The molecule has 0 atom stereocenters. The summed E-state index contributed by atoms with van der Waals surface area (Å²) in [5, 5.41) is 2.65. The van der Waals surface area contributed by atoms with Gasteiger partial charge in [0.15, 0.2) is 0 Å². The number of anilines is 1. The second kappa shape index (κ2) is 6.48. The van der Waals surface area contributed by atoms with Crippen LogP contribution in [-0.4, -0.2) is 12.2 Å². The lowest BCUT2D eigenvalue weighted by Crippen LogP contribution is -2.12. The predicted octanol–water partition coefficient (Wildman–Crippen LogP) is 5.11. The van der Waals surface area contributed by atoms with Gasteiger partial charge >= 0.3 is 0 Å². The Balaban J connectivity index is 2.21. The highest BCUT2D eigenvalue weighted by molar-refractivity contribution is 7.98. The van der Waals surface area contributed by atoms with E-state index in [1.165, 1.54) is 6.07 Å². The minimum atomic E-state index is -0.682. The molecular weight excluding hydrogens is 320 g/mol. The van der Waals surface area contributed by atoms with Crippen molar-refractivity contribution < 1.29 is 9.18 Å². The van der Waals surface area contributed by atoms with Gasteiger partial charge in [-0.25, -0.2) is 4.39 Å². The molecule has 0 spiro atoms. The summed E-state index contributed by atoms with van der Waals surface area (Å²) in [6.45, 7) is 0. The lowest BCUT2D eigenvalue weighted by molar-refractivity contribution is 0.102. The second-order valence-corrected chi connectivity index (χ2v) is 5.62. The van der Waals surface area contributed by atoms with Crippen molar-refractivity contribution in [2.75, 3.05) is 11.6 Å². The van der Waals surface area contributed by atoms with Crippen molar-refractivity contribution in [3.8, 4) is 0 Å². The first-order valence-corrected chi connectivity index (χ1v) is 7.59. The number of carbonyl (C=O) groups is 1. The summed E-state index contributed by atoms with van der Waals surface area (Å²) in [6, 6.07) is 9.53. The van der Waals surface area contributed by atoms with Crippen molar-refractivity contribution in [2.45, 2.75) is 4.90 Å². The summed E-state index contributed by atoms with van der Waals surface area (Å²) in [6.07, 6.45) is 1.96. The van der Waals surface area contributed by atoms with E-state index in [-0.39, 0.29) is 15.6 Å². The summed E-state index contributed by atoms with van der Waals surface area (Å²) in [4.78, 5) is 13.1. The normalized spacial score (nSPS) is 10.4. The molecule has 1 N–H and O–H groups in total. The number of rotatable bonds is 3. The molecule has 0 aliphatic heterocycles. The third-order valence-electron chi connectivity index (χ3n) is 2.60. The van der Waals surface area contributed by atoms with Crippen LogP contribution in [0.2, 0.25) is 10.0 Å². The fraction of sp³-hybridized carbons (Fsp3) is 0.0714. The lowest BCUT2D eigenvalue weighted by Gasteiger charge is -2.08. The summed E-state index contributed by atoms with van der Waals surface area (Å²) < 4.78 is 13.4. The Morgan fingerprint density at radius 2 is 1.80 bits per heavy atom. The molecule has 0 aliphatic carbocycles. The van der Waals surface area contributed by atoms with Gasteiger partial charge in [-0.3, -0.25) is 4.79 Å². The van der Waals surface area contributed by atoms with Crippen molar-refractivity contribution in [1.82, 2.24) is 0 Å². The minimum Gasteiger partial charge on any atom is -0.322 e. The third kappa shape index (κ3) is 3.45. The molecule has 0 aliphatic rings. The van der Waals surface area contributed by atoms with E-state index in [1.807, 2.05) is 18.4 Å². The predicted molar refractivity (Wildman–Crippen MR) is 82.6 cm³/mol. The highest BCUT2D eigenvalue weighted by Crippen LogP contribution is 2.25. The fourth-order valence-electron chi connectivity index (χ4n) is 1.57. The molecule has 20 heavy (non-hydrogen) atoms. The molecule has 104 valence electrons. The van der Waals surface area contributed by atoms with Gasteiger partial charge in [0, 0.05) is 10.6 Å². The Morgan fingerprint density at radius 3 is 2.40 bits per heavy atom. The molecule has 0 fully saturated rings. The monoisotopic (exact) mass is 329 g/mol. The molecule has 0 bridgehead atoms. The van der Waals surface area contributed by atoms with E-state index in [0.717, 1.165) is 11.0 Å². The quantitative estimate of drug-likeness (QED) is 0.626. The molecule has 0 saturated heterocycles. The van der Waals surface area contributed by atoms with Crippen LogP contribution in [0.15, 0.2) is 41.3 Å². The average Bonchev–Trinajstić information content (AvgIpc) is 2.43. The number of hydrogen-bond acceptors (Lipinski definition) is 2. The largest absolute Gasteiger partial charge is 0.322 e. The zero-order valence-corrected chi connectivity index (χ0v) is 12.7. The molecular formula is C14H10Cl2FNOS. The molecule has 2 rings (SSSR count). The van der Waals surface area contributed by atoms with E-state index in [0.29, 0.717) is 5.69 Å². The van der Waals surface area contributed by atoms with Gasteiger partial charge in [0.05, 0.1) is 15.6 Å². The SMILES string of the molecule is CSc1ccc(NC(=O)c2cc(F)c(Cl)cc2Cl)cc1. The Bertz CT molecular complexity index is 646. The van der Waals surface area contributed by atoms with E-state index in [4.69, 9.17) is 23.2 Å². The van der Waals surface area contributed by atoms with Crippen LogP contribution in [0.4, 0.5) is 10.1 Å². The Morgan fingerprint density at radius 1 is 1.15 bits per heavy atom. The van der Waals surface area contributed by atoms with E-state index in [1.54, 1.807) is 23.9 Å². The van der Waals surface area contributed by atoms with Crippen LogP contribution in [-0.2, 0) is 0 Å². The van der Waals surface area contributed by atoms with Crippen LogP contribution in [0.25, 0.3) is 0 Å². The topological polar surface area (TPSA) is 29.1 Å². The van der Waals surface area contributed by atoms with E-state index in [2.05, 4.69) is 5.32 Å². The summed E-state index contributed by atoms with van der Waals surface area (Å²) in [7, 11) is 0. The third-order valence-corrected chi connectivity index (χ3v) is 3.95. The first-order valence-electron chi connectivity index (χ1n) is 5.61. The highest BCUT2D eigenvalue weighted by Gasteiger charge is 2.14. The van der Waals surface area contributed by atoms with E-state index < -0.39 is 11.7 Å². The molecule has 2 aromatic carbocycles. The maximum atomic E-state index is 13.4. The molecule has 1 amide bonds. The average molecular weight is 330 g/mol. The molecule has 2 aromatic rings. The lowest BCUT2D eigenvalue weighted by atomic mass is 10.2. The van der Waals surface area contributed by atoms with Crippen LogP contribution >= 0.6 is 35.0 Å². The highest BCUT2D eigenvalue weighted by atomic mass is 35.5. The maximum absolute atomic E-state index is 13.4. The van der Waals surface area contributed by atoms with Crippen molar-refractivity contribution in [3.63, 3.8) is 0 Å². The van der Waals surface area contributed by atoms with Gasteiger partial charge in [0.2, 0.25) is 0 Å². The summed E-state index contributed by atoms with van der Waals surface area (Å²) in [5.41, 5.74) is 0.654. The number of thioether (sulfide) groups is 1. The van der Waals surface area contributed by atoms with Crippen molar-refractivity contribution in [1.29, 1.82) is 0 Å². The second-order valence-electron chi connectivity index (χ2n) is 3.93. The first kappa shape index (κ1) is 15.2. The van der Waals surface area contributed by atoms with Crippen LogP contribution in [0.3, 0.4) is 0 Å². The first-order chi connectivity index (χ1) is 9.51. The van der Waals surface area contributed by atoms with Gasteiger partial charge < -0.3 is 5.32 Å². The van der Waals surface area contributed by atoms with Gasteiger partial charge in [-0.15, -0.1) is 11.8 Å². The van der Waals surface area contributed by atoms with Gasteiger partial charge in [0.1, 0.15) is 5.82 Å². The molecule has 6 heteroatoms. The Labute approximate surface area is 130 Å². The Kier molecular flexibility index (Phi) is 4.91. The molecule has 2 nitrogen and oxygen atoms in total. The van der Waals surface area contributed by atoms with E-state index >= 15 is 0 Å². The van der Waals surface area contributed by atoms with Crippen molar-refractivity contribution in [2.24, 2.45) is 0 Å². The zero-order chi connectivity index (χ0) is 14.7. The van der Waals surface area contributed by atoms with Gasteiger partial charge in [-0.1, -0.05) is 23.2 Å². The van der Waals surface area contributed by atoms with Crippen LogP contribution in [0.5, 0.6) is 0 Å². The zero-order valence-electron chi connectivity index (χ0n) is 10.4. The van der Waals surface area contributed by atoms with E-state index in [9.17, 15) is 9.18 Å². The molecule has 0 aromatic heterocycles. The Hall–Kier alpha value is -1.23. The number of benzene rings is 2. The van der Waals surface area contributed by atoms with Crippen LogP contribution in [0.1, 0.15) is 10.4 Å². The number of halogens is 3. The molecule has 0 saturated carbocycles. The molecule has 0 radical (unpaired) electrons. The molecule has 0 unspecified atom stereocenters. The number of hydrogen-bond donors (Lipinski definition) is 1. The number of nitrogens with one attached hydrogen (secondary N) is 1. The van der Waals surface area contributed by atoms with Crippen molar-refractivity contribution in [3.05, 3.63) is 57.8 Å². The number of carbonyl (C=O) groups excluding carboxylic acids is 1. The summed E-state index contributed by atoms with van der Waals surface area (Å²) in [5.74, 6) is -1.17. The smallest absolute Gasteiger partial charge is 0.257 e. The van der Waals surface area contributed by atoms with Gasteiger partial charge in [-0.2, -0.15) is 0 Å². The van der Waals surface area contributed by atoms with Crippen molar-refractivity contribution >= 4 is 46.6 Å². The fourth-order valence-corrected chi connectivity index (χ4v) is 2.45. The van der Waals surface area contributed by atoms with Gasteiger partial charge in [0.25, 0.3) is 5.91 Å². The number of amides is 1. The standard InChI is InChI=1S/C14H10Cl2FNOS/c1-20-9-4-2-8(3-5-9)18-14(19)10-6-13(17)12(16)7-11(10)15/h2-7H,1H3,(H,18,19). The van der Waals surface area contributed by atoms with Gasteiger partial charge in [-0.05, 0) is 42.7 Å². The minimum absolute atomic E-state index is 0.0440. The van der Waals surface area contributed by atoms with Crippen LogP contribution < -0.4 is 5.32 Å². The van der Waals surface area contributed by atoms with Crippen LogP contribution in [0, 0.1) is 5.82 Å².